The molecule has 0 fully saturated rings. The number of para-hydroxylation sites is 1. The Kier molecular flexibility index (Phi) is 7.43. The van der Waals surface area contributed by atoms with E-state index in [4.69, 9.17) is 14.2 Å². The maximum atomic E-state index is 13.3. The molecule has 1 atom stereocenters. The molecule has 0 saturated heterocycles. The van der Waals surface area contributed by atoms with E-state index in [1.165, 1.54) is 0 Å². The highest BCUT2D eigenvalue weighted by atomic mass is 16.6. The summed E-state index contributed by atoms with van der Waals surface area (Å²) in [6.45, 7) is 3.41. The predicted molar refractivity (Wildman–Crippen MR) is 114 cm³/mol. The molecule has 0 unspecified atom stereocenters. The number of aromatic amines is 1. The number of benzene rings is 2. The minimum Gasteiger partial charge on any atom is -0.465 e. The van der Waals surface area contributed by atoms with Crippen molar-refractivity contribution >= 4 is 28.8 Å². The normalized spacial score (nSPS) is 11.8. The monoisotopic (exact) mass is 423 g/mol. The van der Waals surface area contributed by atoms with Gasteiger partial charge < -0.3 is 19.2 Å². The second kappa shape index (κ2) is 10.4. The standard InChI is InChI=1S/C24H25NO6/c1-3-29-23(27)21(24(28)30-4-2)20(18-14-25-19-13-9-8-12-17(18)19)22(26)31-15-16-10-6-5-7-11-16/h5-14,20-21,25H,3-4,15H2,1-2H3/t20-/m0/s1. The first kappa shape index (κ1) is 22.1. The van der Waals surface area contributed by atoms with Crippen LogP contribution in [0.1, 0.15) is 30.9 Å². The highest BCUT2D eigenvalue weighted by Crippen LogP contribution is 2.34. The number of hydrogen-bond acceptors (Lipinski definition) is 6. The first-order valence-corrected chi connectivity index (χ1v) is 10.2. The number of aromatic nitrogens is 1. The number of hydrogen-bond donors (Lipinski definition) is 1. The van der Waals surface area contributed by atoms with Crippen molar-refractivity contribution in [3.8, 4) is 0 Å². The van der Waals surface area contributed by atoms with Crippen molar-refractivity contribution in [2.24, 2.45) is 5.92 Å². The Morgan fingerprint density at radius 2 is 1.42 bits per heavy atom. The molecular formula is C24H25NO6. The number of H-pyrrole nitrogens is 1. The molecular weight excluding hydrogens is 398 g/mol. The zero-order chi connectivity index (χ0) is 22.2. The Hall–Kier alpha value is -3.61. The number of fused-ring (bicyclic) bond motifs is 1. The Bertz CT molecular complexity index is 1020. The van der Waals surface area contributed by atoms with Crippen LogP contribution in [0.2, 0.25) is 0 Å². The van der Waals surface area contributed by atoms with Crippen LogP contribution >= 0.6 is 0 Å². The van der Waals surface area contributed by atoms with E-state index in [2.05, 4.69) is 4.98 Å². The molecule has 3 rings (SSSR count). The molecule has 1 N–H and O–H groups in total. The highest BCUT2D eigenvalue weighted by Gasteiger charge is 2.44. The molecule has 3 aromatic rings. The molecule has 0 aliphatic heterocycles. The van der Waals surface area contributed by atoms with Gasteiger partial charge in [0.25, 0.3) is 0 Å². The van der Waals surface area contributed by atoms with Gasteiger partial charge in [-0.3, -0.25) is 14.4 Å². The molecule has 1 heterocycles. The second-order valence-corrected chi connectivity index (χ2v) is 6.84. The molecule has 0 aliphatic rings. The van der Waals surface area contributed by atoms with Crippen molar-refractivity contribution in [1.29, 1.82) is 0 Å². The Balaban J connectivity index is 2.02. The van der Waals surface area contributed by atoms with Crippen molar-refractivity contribution < 1.29 is 28.6 Å². The third kappa shape index (κ3) is 5.12. The van der Waals surface area contributed by atoms with Crippen LogP contribution < -0.4 is 0 Å². The van der Waals surface area contributed by atoms with E-state index >= 15 is 0 Å². The minimum atomic E-state index is -1.48. The van der Waals surface area contributed by atoms with Gasteiger partial charge in [0.1, 0.15) is 12.5 Å². The molecule has 1 aromatic heterocycles. The summed E-state index contributed by atoms with van der Waals surface area (Å²) in [5.74, 6) is -5.07. The number of carbonyl (C=O) groups is 3. The van der Waals surface area contributed by atoms with Gasteiger partial charge in [0.05, 0.1) is 13.2 Å². The van der Waals surface area contributed by atoms with Crippen molar-refractivity contribution in [1.82, 2.24) is 4.98 Å². The zero-order valence-corrected chi connectivity index (χ0v) is 17.5. The van der Waals surface area contributed by atoms with Gasteiger partial charge >= 0.3 is 17.9 Å². The molecule has 0 amide bonds. The quantitative estimate of drug-likeness (QED) is 0.320. The summed E-state index contributed by atoms with van der Waals surface area (Å²) in [4.78, 5) is 41.9. The van der Waals surface area contributed by atoms with E-state index in [0.29, 0.717) is 10.9 Å². The maximum absolute atomic E-state index is 13.3. The molecule has 0 bridgehead atoms. The lowest BCUT2D eigenvalue weighted by Crippen LogP contribution is -2.37. The molecule has 0 spiro atoms. The van der Waals surface area contributed by atoms with E-state index in [1.54, 1.807) is 20.0 Å². The number of carbonyl (C=O) groups excluding carboxylic acids is 3. The summed E-state index contributed by atoms with van der Waals surface area (Å²) in [5, 5.41) is 0.711. The van der Waals surface area contributed by atoms with Crippen LogP contribution in [0.4, 0.5) is 0 Å². The lowest BCUT2D eigenvalue weighted by atomic mass is 9.85. The smallest absolute Gasteiger partial charge is 0.321 e. The first-order chi connectivity index (χ1) is 15.1. The topological polar surface area (TPSA) is 94.7 Å². The van der Waals surface area contributed by atoms with E-state index in [0.717, 1.165) is 11.1 Å². The van der Waals surface area contributed by atoms with Crippen molar-refractivity contribution in [3.63, 3.8) is 0 Å². The first-order valence-electron chi connectivity index (χ1n) is 10.2. The fourth-order valence-corrected chi connectivity index (χ4v) is 3.44. The fourth-order valence-electron chi connectivity index (χ4n) is 3.44. The Morgan fingerprint density at radius 3 is 2.06 bits per heavy atom. The average Bonchev–Trinajstić information content (AvgIpc) is 3.20. The predicted octanol–water partition coefficient (Wildman–Crippen LogP) is 3.74. The van der Waals surface area contributed by atoms with Crippen molar-refractivity contribution in [2.75, 3.05) is 13.2 Å². The number of ether oxygens (including phenoxy) is 3. The van der Waals surface area contributed by atoms with Gasteiger partial charge in [0.2, 0.25) is 0 Å². The third-order valence-corrected chi connectivity index (χ3v) is 4.85. The number of nitrogens with one attached hydrogen (secondary N) is 1. The van der Waals surface area contributed by atoms with Crippen molar-refractivity contribution in [2.45, 2.75) is 26.4 Å². The van der Waals surface area contributed by atoms with Gasteiger partial charge in [-0.25, -0.2) is 0 Å². The van der Waals surface area contributed by atoms with Gasteiger partial charge in [0.15, 0.2) is 5.92 Å². The van der Waals surface area contributed by atoms with Gasteiger partial charge in [-0.1, -0.05) is 48.5 Å². The van der Waals surface area contributed by atoms with Crippen molar-refractivity contribution in [3.05, 3.63) is 71.9 Å². The summed E-state index contributed by atoms with van der Waals surface area (Å²) in [7, 11) is 0. The number of esters is 3. The van der Waals surface area contributed by atoms with Gasteiger partial charge in [-0.05, 0) is 31.0 Å². The lowest BCUT2D eigenvalue weighted by molar-refractivity contribution is -0.168. The van der Waals surface area contributed by atoms with E-state index in [-0.39, 0.29) is 19.8 Å². The zero-order valence-electron chi connectivity index (χ0n) is 17.5. The van der Waals surface area contributed by atoms with Crippen LogP contribution in [0, 0.1) is 5.92 Å². The van der Waals surface area contributed by atoms with Crippen LogP contribution in [0.15, 0.2) is 60.8 Å². The molecule has 31 heavy (non-hydrogen) atoms. The summed E-state index contributed by atoms with van der Waals surface area (Å²) in [5.41, 5.74) is 2.03. The van der Waals surface area contributed by atoms with Crippen LogP contribution in [0.3, 0.4) is 0 Å². The molecule has 2 aromatic carbocycles. The summed E-state index contributed by atoms with van der Waals surface area (Å²) < 4.78 is 15.8. The van der Waals surface area contributed by atoms with Crippen LogP contribution in [-0.4, -0.2) is 36.1 Å². The average molecular weight is 423 g/mol. The minimum absolute atomic E-state index is 0.0108. The third-order valence-electron chi connectivity index (χ3n) is 4.85. The SMILES string of the molecule is CCOC(=O)C(C(=O)OCC)[C@@H](C(=O)OCc1ccccc1)c1c[nH]c2ccccc12. The maximum Gasteiger partial charge on any atom is 0.321 e. The molecule has 0 saturated carbocycles. The fraction of sp³-hybridized carbons (Fsp3) is 0.292. The van der Waals surface area contributed by atoms with Gasteiger partial charge in [-0.2, -0.15) is 0 Å². The van der Waals surface area contributed by atoms with Gasteiger partial charge in [-0.15, -0.1) is 0 Å². The highest BCUT2D eigenvalue weighted by molar-refractivity contribution is 6.03. The Labute approximate surface area is 180 Å². The second-order valence-electron chi connectivity index (χ2n) is 6.84. The van der Waals surface area contributed by atoms with E-state index < -0.39 is 29.7 Å². The molecule has 0 aliphatic carbocycles. The number of rotatable bonds is 9. The van der Waals surface area contributed by atoms with E-state index in [1.807, 2.05) is 54.6 Å². The lowest BCUT2D eigenvalue weighted by Gasteiger charge is -2.23. The molecule has 7 nitrogen and oxygen atoms in total. The molecule has 7 heteroatoms. The van der Waals surface area contributed by atoms with E-state index in [9.17, 15) is 14.4 Å². The molecule has 162 valence electrons. The largest absolute Gasteiger partial charge is 0.465 e. The summed E-state index contributed by atoms with van der Waals surface area (Å²) in [6.07, 6.45) is 1.62. The molecule has 0 radical (unpaired) electrons. The van der Waals surface area contributed by atoms with Crippen LogP contribution in [0.5, 0.6) is 0 Å². The van der Waals surface area contributed by atoms with Crippen LogP contribution in [0.25, 0.3) is 10.9 Å². The summed E-state index contributed by atoms with van der Waals surface area (Å²) >= 11 is 0. The Morgan fingerprint density at radius 1 is 0.806 bits per heavy atom. The van der Waals surface area contributed by atoms with Crippen LogP contribution in [-0.2, 0) is 35.2 Å². The summed E-state index contributed by atoms with van der Waals surface area (Å²) in [6, 6.07) is 16.5. The van der Waals surface area contributed by atoms with Gasteiger partial charge in [0, 0.05) is 17.1 Å².